The van der Waals surface area contributed by atoms with Crippen molar-refractivity contribution in [3.8, 4) is 0 Å². The Balaban J connectivity index is 1.64. The van der Waals surface area contributed by atoms with Gasteiger partial charge >= 0.3 is 0 Å². The molecule has 0 bridgehead atoms. The van der Waals surface area contributed by atoms with Gasteiger partial charge in [-0.3, -0.25) is 0 Å². The van der Waals surface area contributed by atoms with Gasteiger partial charge in [-0.05, 0) is 60.1 Å². The highest BCUT2D eigenvalue weighted by Gasteiger charge is 2.16. The SMILES string of the molecule is Cc1ccc(Cc2ccccc2C(C)c2ccccc2Cc2ccc(C)cc2)cc1. The maximum absolute atomic E-state index is 2.35. The molecule has 0 amide bonds. The van der Waals surface area contributed by atoms with E-state index < -0.39 is 0 Å². The smallest absolute Gasteiger partial charge is 0.00666 e. The summed E-state index contributed by atoms with van der Waals surface area (Å²) in [6.45, 7) is 6.64. The second-order valence-corrected chi connectivity index (χ2v) is 8.44. The molecule has 0 radical (unpaired) electrons. The van der Waals surface area contributed by atoms with E-state index in [0.29, 0.717) is 5.92 Å². The molecule has 0 aliphatic heterocycles. The number of rotatable bonds is 6. The fourth-order valence-electron chi connectivity index (χ4n) is 4.25. The summed E-state index contributed by atoms with van der Waals surface area (Å²) in [6.07, 6.45) is 1.95. The fourth-order valence-corrected chi connectivity index (χ4v) is 4.25. The summed E-state index contributed by atoms with van der Waals surface area (Å²) in [5.41, 5.74) is 11.0. The molecule has 150 valence electrons. The molecule has 0 heteroatoms. The van der Waals surface area contributed by atoms with Gasteiger partial charge < -0.3 is 0 Å². The second-order valence-electron chi connectivity index (χ2n) is 8.44. The van der Waals surface area contributed by atoms with Crippen molar-refractivity contribution in [2.75, 3.05) is 0 Å². The van der Waals surface area contributed by atoms with Gasteiger partial charge in [0.15, 0.2) is 0 Å². The van der Waals surface area contributed by atoms with Crippen LogP contribution in [0.5, 0.6) is 0 Å². The van der Waals surface area contributed by atoms with Gasteiger partial charge in [-0.25, -0.2) is 0 Å². The summed E-state index contributed by atoms with van der Waals surface area (Å²) < 4.78 is 0. The third-order valence-electron chi connectivity index (χ3n) is 6.07. The van der Waals surface area contributed by atoms with E-state index in [2.05, 4.69) is 118 Å². The van der Waals surface area contributed by atoms with Crippen molar-refractivity contribution < 1.29 is 0 Å². The quantitative estimate of drug-likeness (QED) is 0.317. The number of aryl methyl sites for hydroxylation is 2. The number of benzene rings is 4. The molecule has 0 N–H and O–H groups in total. The molecule has 4 aromatic rings. The Hall–Kier alpha value is -3.12. The molecule has 0 saturated heterocycles. The van der Waals surface area contributed by atoms with E-state index in [-0.39, 0.29) is 0 Å². The molecule has 0 aliphatic carbocycles. The van der Waals surface area contributed by atoms with E-state index in [9.17, 15) is 0 Å². The Morgan fingerprint density at radius 2 is 0.867 bits per heavy atom. The van der Waals surface area contributed by atoms with E-state index in [4.69, 9.17) is 0 Å². The summed E-state index contributed by atoms with van der Waals surface area (Å²) >= 11 is 0. The van der Waals surface area contributed by atoms with Crippen LogP contribution in [-0.2, 0) is 12.8 Å². The highest BCUT2D eigenvalue weighted by atomic mass is 14.2. The second kappa shape index (κ2) is 9.13. The standard InChI is InChI=1S/C30H30/c1-22-12-16-25(17-13-22)20-27-8-4-6-10-29(27)24(3)30-11-7-5-9-28(30)21-26-18-14-23(2)15-19-26/h4-19,24H,20-21H2,1-3H3. The molecule has 0 nitrogen and oxygen atoms in total. The average Bonchev–Trinajstić information content (AvgIpc) is 2.77. The lowest BCUT2D eigenvalue weighted by Crippen LogP contribution is -2.05. The molecule has 0 unspecified atom stereocenters. The van der Waals surface area contributed by atoms with Crippen molar-refractivity contribution in [1.29, 1.82) is 0 Å². The minimum atomic E-state index is 0.355. The molecule has 0 aliphatic rings. The molecular weight excluding hydrogens is 360 g/mol. The molecule has 30 heavy (non-hydrogen) atoms. The summed E-state index contributed by atoms with van der Waals surface area (Å²) in [5.74, 6) is 0.355. The molecule has 0 atom stereocenters. The molecule has 0 heterocycles. The fraction of sp³-hybridized carbons (Fsp3) is 0.200. The van der Waals surface area contributed by atoms with Crippen molar-refractivity contribution in [3.63, 3.8) is 0 Å². The van der Waals surface area contributed by atoms with Gasteiger partial charge in [0, 0.05) is 5.92 Å². The van der Waals surface area contributed by atoms with Gasteiger partial charge in [0.2, 0.25) is 0 Å². The van der Waals surface area contributed by atoms with E-state index in [1.54, 1.807) is 0 Å². The molecular formula is C30H30. The Morgan fingerprint density at radius 1 is 0.500 bits per heavy atom. The summed E-state index contributed by atoms with van der Waals surface area (Å²) in [4.78, 5) is 0. The van der Waals surface area contributed by atoms with E-state index in [1.165, 1.54) is 44.5 Å². The van der Waals surface area contributed by atoms with Crippen molar-refractivity contribution in [2.24, 2.45) is 0 Å². The molecule has 0 spiro atoms. The zero-order valence-electron chi connectivity index (χ0n) is 18.2. The lowest BCUT2D eigenvalue weighted by atomic mass is 9.84. The van der Waals surface area contributed by atoms with E-state index in [0.717, 1.165) is 12.8 Å². The van der Waals surface area contributed by atoms with E-state index in [1.807, 2.05) is 0 Å². The van der Waals surface area contributed by atoms with Crippen LogP contribution in [0.4, 0.5) is 0 Å². The van der Waals surface area contributed by atoms with Gasteiger partial charge in [0.05, 0.1) is 0 Å². The maximum Gasteiger partial charge on any atom is 0.00666 e. The van der Waals surface area contributed by atoms with Crippen LogP contribution in [0.1, 0.15) is 57.3 Å². The highest BCUT2D eigenvalue weighted by Crippen LogP contribution is 2.31. The van der Waals surface area contributed by atoms with Crippen molar-refractivity contribution in [1.82, 2.24) is 0 Å². The normalized spacial score (nSPS) is 11.1. The molecule has 0 aromatic heterocycles. The monoisotopic (exact) mass is 390 g/mol. The maximum atomic E-state index is 2.35. The van der Waals surface area contributed by atoms with Crippen LogP contribution in [0.15, 0.2) is 97.1 Å². The summed E-state index contributed by atoms with van der Waals surface area (Å²) in [6, 6.07) is 35.7. The van der Waals surface area contributed by atoms with Crippen LogP contribution in [0.25, 0.3) is 0 Å². The minimum Gasteiger partial charge on any atom is -0.0620 e. The average molecular weight is 391 g/mol. The topological polar surface area (TPSA) is 0 Å². The Morgan fingerprint density at radius 3 is 1.27 bits per heavy atom. The predicted molar refractivity (Wildman–Crippen MR) is 128 cm³/mol. The van der Waals surface area contributed by atoms with Crippen LogP contribution < -0.4 is 0 Å². The van der Waals surface area contributed by atoms with Gasteiger partial charge in [-0.1, -0.05) is 115 Å². The van der Waals surface area contributed by atoms with Crippen molar-refractivity contribution >= 4 is 0 Å². The van der Waals surface area contributed by atoms with Gasteiger partial charge in [-0.15, -0.1) is 0 Å². The van der Waals surface area contributed by atoms with Crippen molar-refractivity contribution in [2.45, 2.75) is 39.5 Å². The van der Waals surface area contributed by atoms with Crippen LogP contribution in [-0.4, -0.2) is 0 Å². The zero-order valence-corrected chi connectivity index (χ0v) is 18.2. The first kappa shape index (κ1) is 20.2. The molecule has 0 saturated carbocycles. The van der Waals surface area contributed by atoms with Crippen LogP contribution in [0, 0.1) is 13.8 Å². The third kappa shape index (κ3) is 4.71. The highest BCUT2D eigenvalue weighted by molar-refractivity contribution is 5.44. The van der Waals surface area contributed by atoms with E-state index >= 15 is 0 Å². The van der Waals surface area contributed by atoms with Crippen LogP contribution in [0.3, 0.4) is 0 Å². The Labute approximate surface area is 181 Å². The zero-order chi connectivity index (χ0) is 20.9. The van der Waals surface area contributed by atoms with Crippen LogP contribution >= 0.6 is 0 Å². The Bertz CT molecular complexity index is 1010. The van der Waals surface area contributed by atoms with Crippen LogP contribution in [0.2, 0.25) is 0 Å². The number of hydrogen-bond donors (Lipinski definition) is 0. The summed E-state index contributed by atoms with van der Waals surface area (Å²) in [5, 5.41) is 0. The Kier molecular flexibility index (Phi) is 6.14. The molecule has 0 fully saturated rings. The first-order valence-corrected chi connectivity index (χ1v) is 10.9. The van der Waals surface area contributed by atoms with Crippen molar-refractivity contribution in [3.05, 3.63) is 142 Å². The lowest BCUT2D eigenvalue weighted by molar-refractivity contribution is 0.879. The van der Waals surface area contributed by atoms with Gasteiger partial charge in [0.25, 0.3) is 0 Å². The molecule has 4 aromatic carbocycles. The third-order valence-corrected chi connectivity index (χ3v) is 6.07. The summed E-state index contributed by atoms with van der Waals surface area (Å²) in [7, 11) is 0. The number of hydrogen-bond acceptors (Lipinski definition) is 0. The molecule has 4 rings (SSSR count). The van der Waals surface area contributed by atoms with Gasteiger partial charge in [-0.2, -0.15) is 0 Å². The first-order chi connectivity index (χ1) is 14.6. The van der Waals surface area contributed by atoms with Gasteiger partial charge in [0.1, 0.15) is 0 Å². The predicted octanol–water partition coefficient (Wildman–Crippen LogP) is 7.64. The lowest BCUT2D eigenvalue weighted by Gasteiger charge is -2.20. The minimum absolute atomic E-state index is 0.355. The first-order valence-electron chi connectivity index (χ1n) is 10.9. The largest absolute Gasteiger partial charge is 0.0620 e.